The van der Waals surface area contributed by atoms with Crippen LogP contribution in [0.25, 0.3) is 0 Å². The van der Waals surface area contributed by atoms with Crippen LogP contribution < -0.4 is 10.1 Å². The molecule has 0 aromatic heterocycles. The molecule has 1 aromatic rings. The van der Waals surface area contributed by atoms with Gasteiger partial charge in [0.1, 0.15) is 12.4 Å². The average Bonchev–Trinajstić information content (AvgIpc) is 3.18. The number of aliphatic hydroxyl groups is 1. The maximum Gasteiger partial charge on any atom is 0.322 e. The number of likely N-dealkylation sites (tertiary alicyclic amines) is 1. The van der Waals surface area contributed by atoms with E-state index in [0.29, 0.717) is 31.2 Å². The summed E-state index contributed by atoms with van der Waals surface area (Å²) in [4.78, 5) is 14.6. The maximum absolute atomic E-state index is 12.8. The van der Waals surface area contributed by atoms with Gasteiger partial charge in [-0.1, -0.05) is 0 Å². The van der Waals surface area contributed by atoms with Gasteiger partial charge in [0, 0.05) is 19.9 Å². The number of ether oxygens (including phenoxy) is 2. The van der Waals surface area contributed by atoms with Crippen molar-refractivity contribution in [1.82, 2.24) is 4.90 Å². The second-order valence-electron chi connectivity index (χ2n) is 7.08. The molecular weight excluding hydrogens is 372 g/mol. The summed E-state index contributed by atoms with van der Waals surface area (Å²) < 4.78 is 34.3. The van der Waals surface area contributed by atoms with Crippen molar-refractivity contribution in [3.05, 3.63) is 18.2 Å². The van der Waals surface area contributed by atoms with Crippen molar-refractivity contribution < 1.29 is 27.8 Å². The third-order valence-corrected chi connectivity index (χ3v) is 6.35. The Morgan fingerprint density at radius 2 is 2.07 bits per heavy atom. The number of aliphatic hydroxyl groups excluding tert-OH is 1. The quantitative estimate of drug-likeness (QED) is 0.704. The smallest absolute Gasteiger partial charge is 0.322 e. The first-order valence-corrected chi connectivity index (χ1v) is 10.9. The van der Waals surface area contributed by atoms with Gasteiger partial charge < -0.3 is 24.8 Å². The van der Waals surface area contributed by atoms with Crippen LogP contribution in [0.4, 0.5) is 10.5 Å². The lowest BCUT2D eigenvalue weighted by atomic mass is 10.0. The lowest BCUT2D eigenvalue weighted by molar-refractivity contribution is 0.101. The number of hydrogen-bond donors (Lipinski definition) is 2. The van der Waals surface area contributed by atoms with Gasteiger partial charge in [0.2, 0.25) is 0 Å². The molecule has 1 heterocycles. The summed E-state index contributed by atoms with van der Waals surface area (Å²) in [6.45, 7) is 1.21. The summed E-state index contributed by atoms with van der Waals surface area (Å²) in [5.41, 5.74) is 0.287. The van der Waals surface area contributed by atoms with E-state index in [4.69, 9.17) is 9.47 Å². The highest BCUT2D eigenvalue weighted by molar-refractivity contribution is 7.90. The summed E-state index contributed by atoms with van der Waals surface area (Å²) in [7, 11) is -1.88. The standard InChI is InChI=1S/C18H26N2O6S/c1-25-9-10-26-16-6-4-13(27(2,23)24)11-14(16)19-18(22)20-8-7-12-3-5-15(21)17(12)20/h4,6,11-12,15,17,21H,3,5,7-10H2,1-2H3,(H,19,22)/t12-,15+,17+/m0/s1. The molecule has 0 radical (unpaired) electrons. The van der Waals surface area contributed by atoms with Crippen molar-refractivity contribution in [3.8, 4) is 5.75 Å². The molecule has 8 nitrogen and oxygen atoms in total. The molecule has 2 aliphatic rings. The molecule has 1 aromatic carbocycles. The number of benzene rings is 1. The molecule has 1 saturated carbocycles. The first kappa shape index (κ1) is 19.9. The molecule has 0 unspecified atom stereocenters. The molecule has 2 N–H and O–H groups in total. The predicted molar refractivity (Wildman–Crippen MR) is 99.8 cm³/mol. The second-order valence-corrected chi connectivity index (χ2v) is 9.09. The van der Waals surface area contributed by atoms with E-state index in [1.165, 1.54) is 18.2 Å². The fourth-order valence-corrected chi connectivity index (χ4v) is 4.54. The van der Waals surface area contributed by atoms with E-state index in [2.05, 4.69) is 5.32 Å². The van der Waals surface area contributed by atoms with Gasteiger partial charge >= 0.3 is 6.03 Å². The molecule has 1 saturated heterocycles. The number of nitrogens with zero attached hydrogens (tertiary/aromatic N) is 1. The predicted octanol–water partition coefficient (Wildman–Crippen LogP) is 1.49. The largest absolute Gasteiger partial charge is 0.489 e. The Balaban J connectivity index is 1.81. The first-order chi connectivity index (χ1) is 12.8. The van der Waals surface area contributed by atoms with Crippen LogP contribution in [-0.2, 0) is 14.6 Å². The van der Waals surface area contributed by atoms with E-state index in [1.807, 2.05) is 0 Å². The minimum absolute atomic E-state index is 0.0945. The molecule has 150 valence electrons. The lowest BCUT2D eigenvalue weighted by Gasteiger charge is -2.27. The Bertz CT molecular complexity index is 797. The number of carbonyl (C=O) groups is 1. The summed E-state index contributed by atoms with van der Waals surface area (Å²) in [6, 6.07) is 3.83. The van der Waals surface area contributed by atoms with Crippen LogP contribution in [0.1, 0.15) is 19.3 Å². The van der Waals surface area contributed by atoms with E-state index in [0.717, 1.165) is 19.1 Å². The van der Waals surface area contributed by atoms with Gasteiger partial charge in [-0.3, -0.25) is 0 Å². The van der Waals surface area contributed by atoms with Gasteiger partial charge in [-0.05, 0) is 43.4 Å². The number of sulfone groups is 1. The zero-order valence-corrected chi connectivity index (χ0v) is 16.4. The number of rotatable bonds is 6. The zero-order valence-electron chi connectivity index (χ0n) is 15.6. The number of methoxy groups -OCH3 is 1. The number of amides is 2. The fraction of sp³-hybridized carbons (Fsp3) is 0.611. The number of carbonyl (C=O) groups excluding carboxylic acids is 1. The molecule has 3 rings (SSSR count). The van der Waals surface area contributed by atoms with Crippen molar-refractivity contribution >= 4 is 21.6 Å². The summed E-state index contributed by atoms with van der Waals surface area (Å²) in [6.07, 6.45) is 3.09. The monoisotopic (exact) mass is 398 g/mol. The molecule has 0 bridgehead atoms. The van der Waals surface area contributed by atoms with Crippen molar-refractivity contribution in [1.29, 1.82) is 0 Å². The minimum Gasteiger partial charge on any atom is -0.489 e. The van der Waals surface area contributed by atoms with Gasteiger partial charge in [-0.2, -0.15) is 0 Å². The lowest BCUT2D eigenvalue weighted by Crippen LogP contribution is -2.44. The van der Waals surface area contributed by atoms with Gasteiger partial charge in [-0.25, -0.2) is 13.2 Å². The highest BCUT2D eigenvalue weighted by Gasteiger charge is 2.45. The van der Waals surface area contributed by atoms with Gasteiger partial charge in [-0.15, -0.1) is 0 Å². The second kappa shape index (κ2) is 8.04. The third kappa shape index (κ3) is 4.36. The van der Waals surface area contributed by atoms with E-state index in [-0.39, 0.29) is 29.3 Å². The van der Waals surface area contributed by atoms with Crippen LogP contribution >= 0.6 is 0 Å². The topological polar surface area (TPSA) is 105 Å². The highest BCUT2D eigenvalue weighted by atomic mass is 32.2. The van der Waals surface area contributed by atoms with E-state index in [1.54, 1.807) is 12.0 Å². The fourth-order valence-electron chi connectivity index (χ4n) is 3.89. The van der Waals surface area contributed by atoms with Gasteiger partial charge in [0.25, 0.3) is 0 Å². The van der Waals surface area contributed by atoms with E-state index in [9.17, 15) is 18.3 Å². The van der Waals surface area contributed by atoms with Crippen LogP contribution in [0.3, 0.4) is 0 Å². The number of nitrogens with one attached hydrogen (secondary N) is 1. The van der Waals surface area contributed by atoms with Gasteiger partial charge in [0.05, 0.1) is 29.3 Å². The molecule has 27 heavy (non-hydrogen) atoms. The SMILES string of the molecule is COCCOc1ccc(S(C)(=O)=O)cc1NC(=O)N1CC[C@@H]2CC[C@@H](O)[C@@H]21. The normalized spacial score (nSPS) is 24.7. The molecule has 2 fully saturated rings. The van der Waals surface area contributed by atoms with Crippen molar-refractivity contribution in [2.75, 3.05) is 38.4 Å². The highest BCUT2D eigenvalue weighted by Crippen LogP contribution is 2.38. The number of fused-ring (bicyclic) bond motifs is 1. The van der Waals surface area contributed by atoms with E-state index >= 15 is 0 Å². The van der Waals surface area contributed by atoms with Crippen LogP contribution in [0.15, 0.2) is 23.1 Å². The van der Waals surface area contributed by atoms with Crippen molar-refractivity contribution in [2.24, 2.45) is 5.92 Å². The molecule has 1 aliphatic heterocycles. The average molecular weight is 398 g/mol. The van der Waals surface area contributed by atoms with Gasteiger partial charge in [0.15, 0.2) is 9.84 Å². The molecule has 1 aliphatic carbocycles. The summed E-state index contributed by atoms with van der Waals surface area (Å²) in [5.74, 6) is 0.695. The van der Waals surface area contributed by atoms with Crippen molar-refractivity contribution in [3.63, 3.8) is 0 Å². The Kier molecular flexibility index (Phi) is 5.92. The number of urea groups is 1. The van der Waals surface area contributed by atoms with Crippen LogP contribution in [0.5, 0.6) is 5.75 Å². The number of hydrogen-bond acceptors (Lipinski definition) is 6. The Morgan fingerprint density at radius 1 is 1.30 bits per heavy atom. The van der Waals surface area contributed by atoms with Crippen LogP contribution in [0, 0.1) is 5.92 Å². The Hall–Kier alpha value is -1.84. The summed E-state index contributed by atoms with van der Waals surface area (Å²) >= 11 is 0. The Labute approximate surface area is 159 Å². The first-order valence-electron chi connectivity index (χ1n) is 9.03. The zero-order chi connectivity index (χ0) is 19.6. The van der Waals surface area contributed by atoms with Crippen LogP contribution in [0.2, 0.25) is 0 Å². The van der Waals surface area contributed by atoms with E-state index < -0.39 is 15.9 Å². The maximum atomic E-state index is 12.8. The van der Waals surface area contributed by atoms with Crippen molar-refractivity contribution in [2.45, 2.75) is 36.3 Å². The number of anilines is 1. The molecule has 3 atom stereocenters. The Morgan fingerprint density at radius 3 is 2.78 bits per heavy atom. The summed E-state index contributed by atoms with van der Waals surface area (Å²) in [5, 5.41) is 13.0. The molecule has 0 spiro atoms. The minimum atomic E-state index is -3.43. The third-order valence-electron chi connectivity index (χ3n) is 5.24. The molecule has 2 amide bonds. The molecule has 9 heteroatoms. The molecular formula is C18H26N2O6S. The van der Waals surface area contributed by atoms with Crippen LogP contribution in [-0.4, -0.2) is 69.7 Å².